The van der Waals surface area contributed by atoms with Crippen LogP contribution in [-0.4, -0.2) is 31.7 Å². The normalized spacial score (nSPS) is 9.77. The summed E-state index contributed by atoms with van der Waals surface area (Å²) in [7, 11) is 0. The van der Waals surface area contributed by atoms with Gasteiger partial charge in [0.15, 0.2) is 0 Å². The number of carbonyl (C=O) groups is 2. The lowest BCUT2D eigenvalue weighted by Gasteiger charge is -2.19. The minimum Gasteiger partial charge on any atom is -0.361 e. The summed E-state index contributed by atoms with van der Waals surface area (Å²) in [6, 6.07) is 6.78. The first-order chi connectivity index (χ1) is 10.6. The van der Waals surface area contributed by atoms with E-state index in [1.165, 1.54) is 23.5 Å². The standard InChI is InChI=1S/C14H12N6O2/c15-6-10-2-3-11(19-7-10)8-20(14(22)13(16)21)9-12-17-4-1-5-18-12/h1-5,7H,8-9H2,(H2,16,21). The zero-order valence-corrected chi connectivity index (χ0v) is 11.5. The largest absolute Gasteiger partial charge is 0.361 e. The number of nitriles is 1. The number of amides is 2. The predicted molar refractivity (Wildman–Crippen MR) is 74.4 cm³/mol. The lowest BCUT2D eigenvalue weighted by Crippen LogP contribution is -2.40. The molecule has 2 amide bonds. The summed E-state index contributed by atoms with van der Waals surface area (Å²) in [5.74, 6) is -1.53. The maximum absolute atomic E-state index is 11.9. The molecule has 22 heavy (non-hydrogen) atoms. The molecule has 0 aliphatic carbocycles. The van der Waals surface area contributed by atoms with Gasteiger partial charge in [0.2, 0.25) is 0 Å². The highest BCUT2D eigenvalue weighted by atomic mass is 16.2. The summed E-state index contributed by atoms with van der Waals surface area (Å²) in [6.45, 7) is 0.0933. The second kappa shape index (κ2) is 6.90. The Kier molecular flexibility index (Phi) is 4.72. The quantitative estimate of drug-likeness (QED) is 0.776. The van der Waals surface area contributed by atoms with Gasteiger partial charge in [-0.1, -0.05) is 0 Å². The van der Waals surface area contributed by atoms with E-state index in [0.717, 1.165) is 0 Å². The maximum Gasteiger partial charge on any atom is 0.312 e. The van der Waals surface area contributed by atoms with Crippen molar-refractivity contribution < 1.29 is 9.59 Å². The smallest absolute Gasteiger partial charge is 0.312 e. The second-order valence-electron chi connectivity index (χ2n) is 4.34. The summed E-state index contributed by atoms with van der Waals surface area (Å²) in [6.07, 6.45) is 4.46. The van der Waals surface area contributed by atoms with Gasteiger partial charge in [-0.2, -0.15) is 5.26 Å². The molecular weight excluding hydrogens is 284 g/mol. The van der Waals surface area contributed by atoms with Crippen molar-refractivity contribution in [3.8, 4) is 6.07 Å². The summed E-state index contributed by atoms with van der Waals surface area (Å²) in [5.41, 5.74) is 5.98. The van der Waals surface area contributed by atoms with E-state index in [9.17, 15) is 9.59 Å². The number of primary amides is 1. The van der Waals surface area contributed by atoms with Gasteiger partial charge in [0.05, 0.1) is 24.3 Å². The lowest BCUT2D eigenvalue weighted by molar-refractivity contribution is -0.145. The fourth-order valence-corrected chi connectivity index (χ4v) is 1.72. The Balaban J connectivity index is 2.18. The molecule has 8 nitrogen and oxygen atoms in total. The number of nitrogens with two attached hydrogens (primary N) is 1. The van der Waals surface area contributed by atoms with Crippen LogP contribution in [0.5, 0.6) is 0 Å². The van der Waals surface area contributed by atoms with Crippen LogP contribution in [0.4, 0.5) is 0 Å². The highest BCUT2D eigenvalue weighted by molar-refractivity contribution is 6.34. The van der Waals surface area contributed by atoms with Gasteiger partial charge < -0.3 is 10.6 Å². The lowest BCUT2D eigenvalue weighted by atomic mass is 10.2. The monoisotopic (exact) mass is 296 g/mol. The van der Waals surface area contributed by atoms with Crippen molar-refractivity contribution in [3.63, 3.8) is 0 Å². The first kappa shape index (κ1) is 15.1. The molecule has 110 valence electrons. The van der Waals surface area contributed by atoms with E-state index in [-0.39, 0.29) is 13.1 Å². The van der Waals surface area contributed by atoms with Crippen molar-refractivity contribution in [1.29, 1.82) is 5.26 Å². The molecule has 8 heteroatoms. The molecule has 0 aliphatic heterocycles. The minimum atomic E-state index is -1.07. The Bertz CT molecular complexity index is 708. The van der Waals surface area contributed by atoms with Crippen LogP contribution in [0.25, 0.3) is 0 Å². The predicted octanol–water partition coefficient (Wildman–Crippen LogP) is -0.243. The van der Waals surface area contributed by atoms with Crippen LogP contribution in [0.1, 0.15) is 17.1 Å². The number of rotatable bonds is 4. The molecule has 0 fully saturated rings. The Morgan fingerprint density at radius 2 is 1.91 bits per heavy atom. The van der Waals surface area contributed by atoms with E-state index in [2.05, 4.69) is 15.0 Å². The number of nitrogens with zero attached hydrogens (tertiary/aromatic N) is 5. The highest BCUT2D eigenvalue weighted by Crippen LogP contribution is 2.07. The third kappa shape index (κ3) is 3.83. The van der Waals surface area contributed by atoms with E-state index >= 15 is 0 Å². The van der Waals surface area contributed by atoms with Crippen molar-refractivity contribution in [2.45, 2.75) is 13.1 Å². The van der Waals surface area contributed by atoms with Gasteiger partial charge in [0, 0.05) is 18.6 Å². The number of hydrogen-bond donors (Lipinski definition) is 1. The summed E-state index contributed by atoms with van der Waals surface area (Å²) < 4.78 is 0. The molecule has 0 spiro atoms. The molecule has 0 atom stereocenters. The number of pyridine rings is 1. The summed E-state index contributed by atoms with van der Waals surface area (Å²) in [4.78, 5) is 36.3. The minimum absolute atomic E-state index is 0.0320. The number of aromatic nitrogens is 3. The number of hydrogen-bond acceptors (Lipinski definition) is 6. The molecular formula is C14H12N6O2. The zero-order chi connectivity index (χ0) is 15.9. The summed E-state index contributed by atoms with van der Waals surface area (Å²) in [5, 5.41) is 8.73. The average molecular weight is 296 g/mol. The van der Waals surface area contributed by atoms with Gasteiger partial charge in [-0.05, 0) is 18.2 Å². The van der Waals surface area contributed by atoms with E-state index in [1.807, 2.05) is 6.07 Å². The SMILES string of the molecule is N#Cc1ccc(CN(Cc2ncccn2)C(=O)C(N)=O)nc1. The van der Waals surface area contributed by atoms with Crippen LogP contribution in [0.3, 0.4) is 0 Å². The second-order valence-corrected chi connectivity index (χ2v) is 4.34. The fourth-order valence-electron chi connectivity index (χ4n) is 1.72. The molecule has 2 rings (SSSR count). The molecule has 0 aromatic carbocycles. The molecule has 0 saturated heterocycles. The van der Waals surface area contributed by atoms with Crippen LogP contribution >= 0.6 is 0 Å². The molecule has 2 aromatic rings. The summed E-state index contributed by atoms with van der Waals surface area (Å²) >= 11 is 0. The Labute approximate surface area is 126 Å². The molecule has 0 saturated carbocycles. The molecule has 0 aliphatic rings. The van der Waals surface area contributed by atoms with Crippen molar-refractivity contribution in [2.24, 2.45) is 5.73 Å². The van der Waals surface area contributed by atoms with Gasteiger partial charge in [-0.25, -0.2) is 9.97 Å². The Morgan fingerprint density at radius 3 is 2.45 bits per heavy atom. The maximum atomic E-state index is 11.9. The zero-order valence-electron chi connectivity index (χ0n) is 11.5. The Morgan fingerprint density at radius 1 is 1.18 bits per heavy atom. The van der Waals surface area contributed by atoms with Crippen LogP contribution in [0, 0.1) is 11.3 Å². The topological polar surface area (TPSA) is 126 Å². The van der Waals surface area contributed by atoms with Gasteiger partial charge >= 0.3 is 11.8 Å². The molecule has 0 radical (unpaired) electrons. The van der Waals surface area contributed by atoms with Crippen LogP contribution in [0.15, 0.2) is 36.8 Å². The van der Waals surface area contributed by atoms with Gasteiger partial charge in [0.25, 0.3) is 0 Å². The molecule has 2 aromatic heterocycles. The first-order valence-corrected chi connectivity index (χ1v) is 6.30. The molecule has 0 unspecified atom stereocenters. The van der Waals surface area contributed by atoms with Crippen LogP contribution in [0.2, 0.25) is 0 Å². The highest BCUT2D eigenvalue weighted by Gasteiger charge is 2.21. The van der Waals surface area contributed by atoms with E-state index in [1.54, 1.807) is 18.2 Å². The fraction of sp³-hybridized carbons (Fsp3) is 0.143. The molecule has 2 N–H and O–H groups in total. The van der Waals surface area contributed by atoms with E-state index in [0.29, 0.717) is 17.1 Å². The van der Waals surface area contributed by atoms with Gasteiger partial charge in [-0.3, -0.25) is 14.6 Å². The third-order valence-corrected chi connectivity index (χ3v) is 2.76. The van der Waals surface area contributed by atoms with E-state index < -0.39 is 11.8 Å². The van der Waals surface area contributed by atoms with Gasteiger partial charge in [-0.15, -0.1) is 0 Å². The van der Waals surface area contributed by atoms with Gasteiger partial charge in [0.1, 0.15) is 11.9 Å². The van der Waals surface area contributed by atoms with Crippen LogP contribution in [-0.2, 0) is 22.7 Å². The van der Waals surface area contributed by atoms with Crippen molar-refractivity contribution in [3.05, 3.63) is 53.9 Å². The van der Waals surface area contributed by atoms with Crippen molar-refractivity contribution in [2.75, 3.05) is 0 Å². The van der Waals surface area contributed by atoms with Crippen molar-refractivity contribution in [1.82, 2.24) is 19.9 Å². The van der Waals surface area contributed by atoms with E-state index in [4.69, 9.17) is 11.0 Å². The number of carbonyl (C=O) groups excluding carboxylic acids is 2. The third-order valence-electron chi connectivity index (χ3n) is 2.76. The molecule has 2 heterocycles. The van der Waals surface area contributed by atoms with Crippen LogP contribution < -0.4 is 5.73 Å². The molecule has 0 bridgehead atoms. The average Bonchev–Trinajstić information content (AvgIpc) is 2.55. The first-order valence-electron chi connectivity index (χ1n) is 6.30. The Hall–Kier alpha value is -3.34. The van der Waals surface area contributed by atoms with Crippen molar-refractivity contribution >= 4 is 11.8 Å².